The van der Waals surface area contributed by atoms with Crippen molar-refractivity contribution >= 4 is 36.9 Å². The van der Waals surface area contributed by atoms with E-state index >= 15 is 0 Å². The van der Waals surface area contributed by atoms with Crippen LogP contribution in [-0.2, 0) is 29.2 Å². The fourth-order valence-corrected chi connectivity index (χ4v) is 9.80. The van der Waals surface area contributed by atoms with Crippen molar-refractivity contribution in [2.75, 3.05) is 0 Å². The summed E-state index contributed by atoms with van der Waals surface area (Å²) in [5.74, 6) is 0.561. The van der Waals surface area contributed by atoms with E-state index < -0.39 is 22.8 Å². The Morgan fingerprint density at radius 3 is 2.13 bits per heavy atom. The molecule has 1 saturated carbocycles. The van der Waals surface area contributed by atoms with E-state index in [-0.39, 0.29) is 24.8 Å². The third kappa shape index (κ3) is 4.28. The minimum Gasteiger partial charge on any atom is -0.147 e. The molecule has 3 heteroatoms. The molecule has 163 valence electrons. The van der Waals surface area contributed by atoms with Crippen molar-refractivity contribution in [2.45, 2.75) is 66.2 Å². The van der Waals surface area contributed by atoms with Gasteiger partial charge in [-0.05, 0) is 0 Å². The van der Waals surface area contributed by atoms with E-state index in [2.05, 4.69) is 64.1 Å². The molecule has 1 atom stereocenters. The van der Waals surface area contributed by atoms with Gasteiger partial charge in [0.2, 0.25) is 0 Å². The number of halogens is 2. The maximum atomic E-state index is 2.50. The van der Waals surface area contributed by atoms with Gasteiger partial charge in [-0.2, -0.15) is 0 Å². The summed E-state index contributed by atoms with van der Waals surface area (Å²) in [5, 5.41) is 0. The van der Waals surface area contributed by atoms with Gasteiger partial charge in [-0.3, -0.25) is 0 Å². The molecule has 0 amide bonds. The van der Waals surface area contributed by atoms with Gasteiger partial charge in [0, 0.05) is 0 Å². The molecule has 0 saturated heterocycles. The molecule has 2 aromatic carbocycles. The first-order valence-electron chi connectivity index (χ1n) is 11.3. The van der Waals surface area contributed by atoms with Gasteiger partial charge >= 0.3 is 188 Å². The van der Waals surface area contributed by atoms with Gasteiger partial charge in [-0.25, -0.2) is 0 Å². The second-order valence-corrected chi connectivity index (χ2v) is 12.8. The summed E-state index contributed by atoms with van der Waals surface area (Å²) in [4.78, 5) is 0. The molecular weight excluding hydrogens is 498 g/mol. The van der Waals surface area contributed by atoms with Crippen molar-refractivity contribution in [1.29, 1.82) is 0 Å². The molecule has 0 N–H and O–H groups in total. The van der Waals surface area contributed by atoms with Crippen LogP contribution in [0.2, 0.25) is 0 Å². The van der Waals surface area contributed by atoms with Crippen LogP contribution < -0.4 is 3.27 Å². The molecule has 5 rings (SSSR count). The Morgan fingerprint density at radius 1 is 0.774 bits per heavy atom. The van der Waals surface area contributed by atoms with Crippen LogP contribution >= 0.6 is 24.8 Å². The summed E-state index contributed by atoms with van der Waals surface area (Å²) in [6.45, 7) is 9.46. The maximum Gasteiger partial charge on any atom is -0.147 e. The monoisotopic (exact) mass is 529 g/mol. The van der Waals surface area contributed by atoms with Crippen LogP contribution in [0.1, 0.15) is 76.5 Å². The van der Waals surface area contributed by atoms with Crippen molar-refractivity contribution in [1.82, 2.24) is 0 Å². The third-order valence-electron chi connectivity index (χ3n) is 7.68. The normalized spacial score (nSPS) is 19.5. The topological polar surface area (TPSA) is 0 Å². The number of fused-ring (bicyclic) bond motifs is 3. The molecular formula is C28H33Cl2Zr. The summed E-state index contributed by atoms with van der Waals surface area (Å²) in [6, 6.07) is 14.0. The zero-order valence-corrected chi connectivity index (χ0v) is 23.2. The Hall–Kier alpha value is -0.747. The second kappa shape index (κ2) is 10.0. The number of benzene rings is 2. The van der Waals surface area contributed by atoms with Gasteiger partial charge in [0.1, 0.15) is 0 Å². The van der Waals surface area contributed by atoms with Crippen molar-refractivity contribution in [3.8, 4) is 11.1 Å². The predicted molar refractivity (Wildman–Crippen MR) is 137 cm³/mol. The van der Waals surface area contributed by atoms with E-state index in [1.54, 1.807) is 27.8 Å². The minimum atomic E-state index is -0.721. The van der Waals surface area contributed by atoms with Gasteiger partial charge < -0.3 is 0 Å². The van der Waals surface area contributed by atoms with Gasteiger partial charge in [-0.1, -0.05) is 0 Å². The first kappa shape index (κ1) is 24.9. The molecule has 31 heavy (non-hydrogen) atoms. The van der Waals surface area contributed by atoms with Crippen LogP contribution in [0.5, 0.6) is 0 Å². The zero-order valence-electron chi connectivity index (χ0n) is 19.1. The Morgan fingerprint density at radius 2 is 1.45 bits per heavy atom. The number of rotatable bonds is 2. The van der Waals surface area contributed by atoms with Crippen LogP contribution in [0.25, 0.3) is 16.7 Å². The molecule has 0 spiro atoms. The third-order valence-corrected chi connectivity index (χ3v) is 11.8. The molecule has 1 fully saturated rings. The quantitative estimate of drug-likeness (QED) is 0.318. The summed E-state index contributed by atoms with van der Waals surface area (Å²) >= 11 is -0.721. The molecule has 0 aromatic heterocycles. The summed E-state index contributed by atoms with van der Waals surface area (Å²) in [7, 11) is 0. The van der Waals surface area contributed by atoms with Crippen LogP contribution in [-0.4, -0.2) is 3.21 Å². The Labute approximate surface area is 211 Å². The van der Waals surface area contributed by atoms with Crippen LogP contribution in [0, 0.1) is 5.92 Å². The van der Waals surface area contributed by atoms with Gasteiger partial charge in [0.15, 0.2) is 0 Å². The van der Waals surface area contributed by atoms with Crippen LogP contribution in [0.4, 0.5) is 0 Å². The number of allylic oxidation sites excluding steroid dienone is 4. The first-order chi connectivity index (χ1) is 14.1. The molecule has 0 heterocycles. The average Bonchev–Trinajstić information content (AvgIpc) is 3.21. The fourth-order valence-electron chi connectivity index (χ4n) is 5.66. The Balaban J connectivity index is 0.00000136. The molecule has 3 aliphatic rings. The molecule has 3 aliphatic carbocycles. The predicted octanol–water partition coefficient (Wildman–Crippen LogP) is 7.71. The molecule has 0 aliphatic heterocycles. The van der Waals surface area contributed by atoms with Gasteiger partial charge in [0.05, 0.1) is 0 Å². The van der Waals surface area contributed by atoms with Crippen molar-refractivity contribution in [3.05, 3.63) is 69.8 Å². The van der Waals surface area contributed by atoms with E-state index in [4.69, 9.17) is 0 Å². The minimum absolute atomic E-state index is 0. The largest absolute Gasteiger partial charge is 0.147 e. The Bertz CT molecular complexity index is 1100. The van der Waals surface area contributed by atoms with Crippen molar-refractivity contribution < 1.29 is 22.8 Å². The van der Waals surface area contributed by atoms with Crippen LogP contribution in [0.15, 0.2) is 53.1 Å². The maximum absolute atomic E-state index is 2.50. The number of hydrogen-bond donors (Lipinski definition) is 0. The van der Waals surface area contributed by atoms with E-state index in [0.717, 1.165) is 6.42 Å². The van der Waals surface area contributed by atoms with E-state index in [0.29, 0.717) is 5.92 Å². The van der Waals surface area contributed by atoms with Crippen molar-refractivity contribution in [2.24, 2.45) is 5.92 Å². The SMILES string of the molecule is CC1=C(C)C(C)C(c2ccc3c([c]2[Zr]=[C]2CCCCC2)Cc2ccccc2-3)=C1C.Cl.Cl. The number of hydrogen-bond acceptors (Lipinski definition) is 0. The smallest absolute Gasteiger partial charge is 0.147 e. The molecule has 0 radical (unpaired) electrons. The summed E-state index contributed by atoms with van der Waals surface area (Å²) < 4.78 is 3.76. The zero-order chi connectivity index (χ0) is 20.1. The van der Waals surface area contributed by atoms with E-state index in [1.807, 2.05) is 6.48 Å². The molecule has 0 nitrogen and oxygen atoms in total. The standard InChI is InChI=1S/C22H21.C6H10.2ClH.Zr/c1-13-14(2)16(4)22(15(13)3)18-9-10-21-19(12-18)11-17-7-5-6-8-20(17)21;1-2-4-6-5-3-1;;;/h5-10,15H,11H2,1-4H3;1-5H2;2*1H;. The van der Waals surface area contributed by atoms with Gasteiger partial charge in [-0.15, -0.1) is 24.8 Å². The summed E-state index contributed by atoms with van der Waals surface area (Å²) in [5.41, 5.74) is 14.1. The van der Waals surface area contributed by atoms with Crippen molar-refractivity contribution in [3.63, 3.8) is 0 Å². The molecule has 0 bridgehead atoms. The van der Waals surface area contributed by atoms with Crippen LogP contribution in [0.3, 0.4) is 0 Å². The second-order valence-electron chi connectivity index (χ2n) is 9.21. The fraction of sp³-hybridized carbons (Fsp3) is 0.393. The average molecular weight is 532 g/mol. The first-order valence-corrected chi connectivity index (χ1v) is 13.8. The molecule has 1 unspecified atom stereocenters. The molecule has 2 aromatic rings. The van der Waals surface area contributed by atoms with E-state index in [9.17, 15) is 0 Å². The van der Waals surface area contributed by atoms with E-state index in [1.165, 1.54) is 54.4 Å². The summed E-state index contributed by atoms with van der Waals surface area (Å²) in [6.07, 6.45) is 8.27. The van der Waals surface area contributed by atoms with Gasteiger partial charge in [0.25, 0.3) is 0 Å². The Kier molecular flexibility index (Phi) is 8.05.